The van der Waals surface area contributed by atoms with Gasteiger partial charge >= 0.3 is 0 Å². The number of ether oxygens (including phenoxy) is 2. The topological polar surface area (TPSA) is 86.5 Å². The van der Waals surface area contributed by atoms with Crippen molar-refractivity contribution >= 4 is 23.2 Å². The van der Waals surface area contributed by atoms with Crippen LogP contribution in [0.4, 0.5) is 5.69 Å². The fraction of sp³-hybridized carbons (Fsp3) is 0.167. The van der Waals surface area contributed by atoms with Crippen molar-refractivity contribution in [3.05, 3.63) is 52.9 Å². The summed E-state index contributed by atoms with van der Waals surface area (Å²) in [6, 6.07) is 10.1. The van der Waals surface area contributed by atoms with Crippen LogP contribution >= 0.6 is 11.6 Å². The molecule has 3 rings (SSSR count). The summed E-state index contributed by atoms with van der Waals surface area (Å²) in [7, 11) is 3.01. The number of nitrogens with zero attached hydrogens (tertiary/aromatic N) is 2. The van der Waals surface area contributed by atoms with E-state index in [4.69, 9.17) is 25.6 Å². The molecule has 1 N–H and O–H groups in total. The number of anilines is 1. The van der Waals surface area contributed by atoms with Crippen LogP contribution in [0.3, 0.4) is 0 Å². The number of hydrogen-bond donors (Lipinski definition) is 1. The number of halogens is 1. The number of aromatic nitrogens is 2. The van der Waals surface area contributed by atoms with Crippen LogP contribution in [-0.4, -0.2) is 30.3 Å². The summed E-state index contributed by atoms with van der Waals surface area (Å²) in [5, 5.41) is 6.92. The van der Waals surface area contributed by atoms with Crippen molar-refractivity contribution in [2.45, 2.75) is 6.92 Å². The largest absolute Gasteiger partial charge is 0.497 e. The molecular weight excluding hydrogens is 358 g/mol. The van der Waals surface area contributed by atoms with E-state index in [9.17, 15) is 4.79 Å². The molecule has 1 aromatic heterocycles. The average molecular weight is 374 g/mol. The number of carbonyl (C=O) groups excluding carboxylic acids is 1. The van der Waals surface area contributed by atoms with Crippen LogP contribution in [0.25, 0.3) is 11.4 Å². The zero-order valence-corrected chi connectivity index (χ0v) is 15.1. The molecule has 2 aromatic carbocycles. The average Bonchev–Trinajstić information content (AvgIpc) is 3.09. The van der Waals surface area contributed by atoms with Crippen molar-refractivity contribution in [1.82, 2.24) is 10.1 Å². The van der Waals surface area contributed by atoms with Gasteiger partial charge in [0.05, 0.1) is 19.2 Å². The second-order valence-corrected chi connectivity index (χ2v) is 5.76. The SMILES string of the molecule is COc1cc(Cl)c(NC(=O)c2ccc(-c3noc(C)n3)cc2)c(OC)c1. The molecule has 0 unspecified atom stereocenters. The first-order valence-electron chi connectivity index (χ1n) is 7.65. The summed E-state index contributed by atoms with van der Waals surface area (Å²) >= 11 is 6.23. The Morgan fingerprint density at radius 1 is 1.15 bits per heavy atom. The van der Waals surface area contributed by atoms with Crippen LogP contribution in [0, 0.1) is 6.92 Å². The first kappa shape index (κ1) is 17.8. The highest BCUT2D eigenvalue weighted by atomic mass is 35.5. The lowest BCUT2D eigenvalue weighted by Crippen LogP contribution is -2.13. The van der Waals surface area contributed by atoms with Gasteiger partial charge in [-0.15, -0.1) is 0 Å². The molecule has 1 heterocycles. The van der Waals surface area contributed by atoms with Gasteiger partial charge in [-0.05, 0) is 12.1 Å². The number of hydrogen-bond acceptors (Lipinski definition) is 6. The zero-order valence-electron chi connectivity index (χ0n) is 14.4. The minimum atomic E-state index is -0.328. The van der Waals surface area contributed by atoms with Gasteiger partial charge in [0.25, 0.3) is 5.91 Å². The lowest BCUT2D eigenvalue weighted by molar-refractivity contribution is 0.102. The number of benzene rings is 2. The monoisotopic (exact) mass is 373 g/mol. The molecule has 0 atom stereocenters. The maximum absolute atomic E-state index is 12.5. The molecule has 0 saturated heterocycles. The summed E-state index contributed by atoms with van der Waals surface area (Å²) in [5.41, 5.74) is 1.57. The van der Waals surface area contributed by atoms with E-state index in [1.54, 1.807) is 43.3 Å². The fourth-order valence-electron chi connectivity index (χ4n) is 2.33. The number of methoxy groups -OCH3 is 2. The Morgan fingerprint density at radius 3 is 2.46 bits per heavy atom. The van der Waals surface area contributed by atoms with E-state index >= 15 is 0 Å². The number of carbonyl (C=O) groups is 1. The smallest absolute Gasteiger partial charge is 0.255 e. The molecule has 8 heteroatoms. The van der Waals surface area contributed by atoms with Crippen LogP contribution in [0.5, 0.6) is 11.5 Å². The lowest BCUT2D eigenvalue weighted by Gasteiger charge is -2.13. The van der Waals surface area contributed by atoms with Crippen molar-refractivity contribution in [2.24, 2.45) is 0 Å². The van der Waals surface area contributed by atoms with Gasteiger partial charge in [-0.2, -0.15) is 4.98 Å². The second-order valence-electron chi connectivity index (χ2n) is 5.35. The van der Waals surface area contributed by atoms with Crippen molar-refractivity contribution in [3.63, 3.8) is 0 Å². The van der Waals surface area contributed by atoms with Crippen LogP contribution in [0.15, 0.2) is 40.9 Å². The normalized spacial score (nSPS) is 10.5. The van der Waals surface area contributed by atoms with Gasteiger partial charge in [0, 0.05) is 30.2 Å². The number of rotatable bonds is 5. The molecule has 7 nitrogen and oxygen atoms in total. The van der Waals surface area contributed by atoms with Crippen LogP contribution in [0.2, 0.25) is 5.02 Å². The molecule has 0 bridgehead atoms. The molecule has 0 radical (unpaired) electrons. The summed E-state index contributed by atoms with van der Waals surface area (Å²) < 4.78 is 15.4. The molecule has 3 aromatic rings. The number of aryl methyl sites for hydroxylation is 1. The molecule has 0 spiro atoms. The minimum Gasteiger partial charge on any atom is -0.497 e. The van der Waals surface area contributed by atoms with Gasteiger partial charge < -0.3 is 19.3 Å². The molecule has 0 saturated carbocycles. The van der Waals surface area contributed by atoms with Crippen molar-refractivity contribution in [3.8, 4) is 22.9 Å². The number of amides is 1. The van der Waals surface area contributed by atoms with Crippen molar-refractivity contribution < 1.29 is 18.8 Å². The maximum atomic E-state index is 12.5. The molecule has 134 valence electrons. The quantitative estimate of drug-likeness (QED) is 0.728. The third kappa shape index (κ3) is 3.62. The Balaban J connectivity index is 1.82. The fourth-order valence-corrected chi connectivity index (χ4v) is 2.58. The van der Waals surface area contributed by atoms with Gasteiger partial charge in [0.1, 0.15) is 17.2 Å². The molecule has 0 aliphatic heterocycles. The second kappa shape index (κ2) is 7.45. The van der Waals surface area contributed by atoms with Gasteiger partial charge in [-0.1, -0.05) is 28.9 Å². The Labute approximate surface area is 154 Å². The van der Waals surface area contributed by atoms with Crippen LogP contribution < -0.4 is 14.8 Å². The van der Waals surface area contributed by atoms with E-state index < -0.39 is 0 Å². The molecule has 0 fully saturated rings. The number of nitrogens with one attached hydrogen (secondary N) is 1. The highest BCUT2D eigenvalue weighted by Crippen LogP contribution is 2.37. The predicted molar refractivity (Wildman–Crippen MR) is 97.0 cm³/mol. The highest BCUT2D eigenvalue weighted by molar-refractivity contribution is 6.34. The lowest BCUT2D eigenvalue weighted by atomic mass is 10.1. The highest BCUT2D eigenvalue weighted by Gasteiger charge is 2.15. The third-order valence-corrected chi connectivity index (χ3v) is 3.95. The third-order valence-electron chi connectivity index (χ3n) is 3.65. The Hall–Kier alpha value is -3.06. The summed E-state index contributed by atoms with van der Waals surface area (Å²) in [4.78, 5) is 16.7. The molecule has 0 aliphatic rings. The van der Waals surface area contributed by atoms with Crippen molar-refractivity contribution in [1.29, 1.82) is 0 Å². The van der Waals surface area contributed by atoms with Crippen molar-refractivity contribution in [2.75, 3.05) is 19.5 Å². The first-order chi connectivity index (χ1) is 12.5. The molecule has 0 aliphatic carbocycles. The van der Waals surface area contributed by atoms with E-state index in [0.717, 1.165) is 5.56 Å². The standard InChI is InChI=1S/C18H16ClN3O4/c1-10-20-17(22-26-10)11-4-6-12(7-5-11)18(23)21-16-14(19)8-13(24-2)9-15(16)25-3/h4-9H,1-3H3,(H,21,23). The Bertz CT molecular complexity index is 938. The van der Waals surface area contributed by atoms with Crippen LogP contribution in [-0.2, 0) is 0 Å². The zero-order chi connectivity index (χ0) is 18.7. The summed E-state index contributed by atoms with van der Waals surface area (Å²) in [5.74, 6) is 1.55. The summed E-state index contributed by atoms with van der Waals surface area (Å²) in [6.07, 6.45) is 0. The Kier molecular flexibility index (Phi) is 5.09. The van der Waals surface area contributed by atoms with E-state index in [1.165, 1.54) is 14.2 Å². The van der Waals surface area contributed by atoms with Gasteiger partial charge in [-0.3, -0.25) is 4.79 Å². The minimum absolute atomic E-state index is 0.313. The van der Waals surface area contributed by atoms with E-state index in [0.29, 0.717) is 39.5 Å². The van der Waals surface area contributed by atoms with E-state index in [1.807, 2.05) is 0 Å². The van der Waals surface area contributed by atoms with Crippen LogP contribution in [0.1, 0.15) is 16.2 Å². The maximum Gasteiger partial charge on any atom is 0.255 e. The molecule has 26 heavy (non-hydrogen) atoms. The van der Waals surface area contributed by atoms with Gasteiger partial charge in [0.2, 0.25) is 11.7 Å². The first-order valence-corrected chi connectivity index (χ1v) is 8.03. The Morgan fingerprint density at radius 2 is 1.88 bits per heavy atom. The van der Waals surface area contributed by atoms with E-state index in [-0.39, 0.29) is 5.91 Å². The van der Waals surface area contributed by atoms with E-state index in [2.05, 4.69) is 15.5 Å². The summed E-state index contributed by atoms with van der Waals surface area (Å²) in [6.45, 7) is 1.71. The molecular formula is C18H16ClN3O4. The van der Waals surface area contributed by atoms with Gasteiger partial charge in [-0.25, -0.2) is 0 Å². The predicted octanol–water partition coefficient (Wildman–Crippen LogP) is 3.97. The van der Waals surface area contributed by atoms with Gasteiger partial charge in [0.15, 0.2) is 0 Å². The molecule has 1 amide bonds.